The average molecular weight is 431 g/mol. The Morgan fingerprint density at radius 3 is 2.56 bits per heavy atom. The molecule has 0 spiro atoms. The van der Waals surface area contributed by atoms with E-state index in [4.69, 9.17) is 4.74 Å². The fourth-order valence-corrected chi connectivity index (χ4v) is 4.89. The Labute approximate surface area is 187 Å². The van der Waals surface area contributed by atoms with Crippen molar-refractivity contribution in [2.24, 2.45) is 5.92 Å². The van der Waals surface area contributed by atoms with Crippen molar-refractivity contribution in [3.8, 4) is 17.6 Å². The molecular formula is C26H26N2O4. The van der Waals surface area contributed by atoms with Crippen molar-refractivity contribution in [2.45, 2.75) is 30.8 Å². The molecule has 1 saturated carbocycles. The summed E-state index contributed by atoms with van der Waals surface area (Å²) in [7, 11) is 1.63. The van der Waals surface area contributed by atoms with E-state index < -0.39 is 0 Å². The third-order valence-electron chi connectivity index (χ3n) is 6.71. The number of hydrogen-bond acceptors (Lipinski definition) is 4. The number of aliphatic hydroxyl groups excluding tert-OH is 1. The summed E-state index contributed by atoms with van der Waals surface area (Å²) in [6.07, 6.45) is 1.86. The van der Waals surface area contributed by atoms with Gasteiger partial charge in [0.25, 0.3) is 0 Å². The lowest BCUT2D eigenvalue weighted by Gasteiger charge is -2.58. The van der Waals surface area contributed by atoms with Crippen LogP contribution in [0.3, 0.4) is 0 Å². The molecule has 5 rings (SSSR count). The minimum atomic E-state index is -0.237. The highest BCUT2D eigenvalue weighted by Gasteiger charge is 2.55. The number of carbonyl (C=O) groups excluding carboxylic acids is 2. The van der Waals surface area contributed by atoms with Crippen LogP contribution in [0.15, 0.2) is 48.5 Å². The molecule has 3 atom stereocenters. The summed E-state index contributed by atoms with van der Waals surface area (Å²) >= 11 is 0. The van der Waals surface area contributed by atoms with Gasteiger partial charge in [0.05, 0.1) is 32.3 Å². The van der Waals surface area contributed by atoms with E-state index >= 15 is 0 Å². The molecule has 2 saturated heterocycles. The number of nitrogens with zero attached hydrogens (tertiary/aromatic N) is 2. The van der Waals surface area contributed by atoms with Crippen LogP contribution in [0.5, 0.6) is 5.75 Å². The van der Waals surface area contributed by atoms with Gasteiger partial charge in [0.15, 0.2) is 0 Å². The summed E-state index contributed by atoms with van der Waals surface area (Å²) in [4.78, 5) is 28.7. The van der Waals surface area contributed by atoms with E-state index in [1.165, 1.54) is 0 Å². The first-order valence-electron chi connectivity index (χ1n) is 11.1. The average Bonchev–Trinajstić information content (AvgIpc) is 3.65. The summed E-state index contributed by atoms with van der Waals surface area (Å²) in [6.45, 7) is 0.592. The number of ether oxygens (including phenoxy) is 1. The van der Waals surface area contributed by atoms with E-state index in [-0.39, 0.29) is 48.9 Å². The molecule has 2 aromatic carbocycles. The third kappa shape index (κ3) is 3.74. The molecule has 0 aromatic heterocycles. The highest BCUT2D eigenvalue weighted by atomic mass is 16.5. The lowest BCUT2D eigenvalue weighted by Crippen LogP contribution is -2.73. The molecule has 0 bridgehead atoms. The Morgan fingerprint density at radius 2 is 1.88 bits per heavy atom. The van der Waals surface area contributed by atoms with Gasteiger partial charge in [-0.05, 0) is 48.7 Å². The van der Waals surface area contributed by atoms with Crippen LogP contribution in [0.2, 0.25) is 0 Å². The number of methoxy groups -OCH3 is 1. The van der Waals surface area contributed by atoms with Crippen LogP contribution in [0, 0.1) is 17.8 Å². The van der Waals surface area contributed by atoms with E-state index in [2.05, 4.69) is 11.8 Å². The Balaban J connectivity index is 1.33. The lowest BCUT2D eigenvalue weighted by atomic mass is 9.73. The van der Waals surface area contributed by atoms with Crippen molar-refractivity contribution >= 4 is 11.8 Å². The van der Waals surface area contributed by atoms with E-state index in [9.17, 15) is 14.7 Å². The molecule has 6 nitrogen and oxygen atoms in total. The van der Waals surface area contributed by atoms with Crippen LogP contribution in [0.25, 0.3) is 0 Å². The normalized spacial score (nSPS) is 24.2. The number of carbonyl (C=O) groups is 2. The van der Waals surface area contributed by atoms with E-state index in [1.54, 1.807) is 16.9 Å². The van der Waals surface area contributed by atoms with Gasteiger partial charge in [-0.25, -0.2) is 0 Å². The van der Waals surface area contributed by atoms with Gasteiger partial charge in [-0.15, -0.1) is 0 Å². The maximum absolute atomic E-state index is 12.7. The second-order valence-corrected chi connectivity index (χ2v) is 8.74. The Kier molecular flexibility index (Phi) is 5.36. The molecule has 2 amide bonds. The highest BCUT2D eigenvalue weighted by molar-refractivity contribution is 5.89. The zero-order valence-corrected chi connectivity index (χ0v) is 18.0. The second-order valence-electron chi connectivity index (χ2n) is 8.74. The van der Waals surface area contributed by atoms with Gasteiger partial charge in [-0.3, -0.25) is 9.59 Å². The van der Waals surface area contributed by atoms with Crippen LogP contribution in [-0.2, 0) is 9.59 Å². The fraction of sp³-hybridized carbons (Fsp3) is 0.385. The van der Waals surface area contributed by atoms with Gasteiger partial charge in [-0.2, -0.15) is 0 Å². The van der Waals surface area contributed by atoms with Crippen molar-refractivity contribution in [3.63, 3.8) is 0 Å². The molecule has 1 aliphatic carbocycles. The number of piperazine rings is 1. The number of benzene rings is 2. The van der Waals surface area contributed by atoms with E-state index in [1.807, 2.05) is 48.5 Å². The second kappa shape index (κ2) is 8.33. The number of aliphatic hydroxyl groups is 1. The zero-order chi connectivity index (χ0) is 22.2. The third-order valence-corrected chi connectivity index (χ3v) is 6.71. The van der Waals surface area contributed by atoms with Crippen molar-refractivity contribution in [2.75, 3.05) is 26.8 Å². The largest absolute Gasteiger partial charge is 0.497 e. The molecule has 3 fully saturated rings. The van der Waals surface area contributed by atoms with Gasteiger partial charge in [-0.1, -0.05) is 30.0 Å². The summed E-state index contributed by atoms with van der Waals surface area (Å²) < 4.78 is 5.24. The zero-order valence-electron chi connectivity index (χ0n) is 18.0. The van der Waals surface area contributed by atoms with Crippen molar-refractivity contribution in [1.82, 2.24) is 9.80 Å². The molecule has 164 valence electrons. The van der Waals surface area contributed by atoms with Crippen LogP contribution in [0.1, 0.15) is 35.4 Å². The Morgan fingerprint density at radius 1 is 1.12 bits per heavy atom. The number of rotatable bonds is 4. The summed E-state index contributed by atoms with van der Waals surface area (Å²) in [5.74, 6) is 7.25. The van der Waals surface area contributed by atoms with Crippen molar-refractivity contribution in [1.29, 1.82) is 0 Å². The standard InChI is InChI=1S/C26H26N2O4/c1-32-21-4-2-3-18(13-21)6-5-17-7-9-19(10-8-17)25-22-14-27(26(31)20-11-12-20)15-24(30)28(22)23(25)16-29/h2-4,7-10,13,20,22-23,25,29H,11-12,14-16H2,1H3/t22-,23+,25+/m1/s1. The Bertz CT molecular complexity index is 1100. The molecule has 3 aliphatic rings. The predicted octanol–water partition coefficient (Wildman–Crippen LogP) is 2.00. The topological polar surface area (TPSA) is 70.1 Å². The smallest absolute Gasteiger partial charge is 0.242 e. The SMILES string of the molecule is COc1cccc(C#Cc2ccc([C@H]3[C@H]4CN(C(=O)C5CC5)CC(=O)N4[C@H]3CO)cc2)c1. The monoisotopic (exact) mass is 430 g/mol. The molecule has 32 heavy (non-hydrogen) atoms. The first-order chi connectivity index (χ1) is 15.6. The Hall–Kier alpha value is -3.30. The van der Waals surface area contributed by atoms with Crippen LogP contribution in [0.4, 0.5) is 0 Å². The molecule has 2 heterocycles. The summed E-state index contributed by atoms with van der Waals surface area (Å²) in [5.41, 5.74) is 2.83. The van der Waals surface area contributed by atoms with E-state index in [0.29, 0.717) is 6.54 Å². The molecule has 1 N–H and O–H groups in total. The first-order valence-corrected chi connectivity index (χ1v) is 11.1. The quantitative estimate of drug-likeness (QED) is 0.754. The lowest BCUT2D eigenvalue weighted by molar-refractivity contribution is -0.167. The van der Waals surface area contributed by atoms with Crippen molar-refractivity contribution < 1.29 is 19.4 Å². The fourth-order valence-electron chi connectivity index (χ4n) is 4.89. The molecule has 2 aromatic rings. The van der Waals surface area contributed by atoms with Gasteiger partial charge < -0.3 is 19.6 Å². The van der Waals surface area contributed by atoms with Crippen LogP contribution in [-0.4, -0.2) is 65.6 Å². The molecule has 2 aliphatic heterocycles. The summed E-state index contributed by atoms with van der Waals surface area (Å²) in [5, 5.41) is 9.95. The van der Waals surface area contributed by atoms with Crippen LogP contribution < -0.4 is 4.74 Å². The van der Waals surface area contributed by atoms with Crippen molar-refractivity contribution in [3.05, 3.63) is 65.2 Å². The maximum Gasteiger partial charge on any atom is 0.242 e. The van der Waals surface area contributed by atoms with Gasteiger partial charge in [0.1, 0.15) is 5.75 Å². The molecule has 0 unspecified atom stereocenters. The maximum atomic E-state index is 12.7. The molecular weight excluding hydrogens is 404 g/mol. The van der Waals surface area contributed by atoms with Gasteiger partial charge >= 0.3 is 0 Å². The minimum Gasteiger partial charge on any atom is -0.497 e. The van der Waals surface area contributed by atoms with Gasteiger partial charge in [0.2, 0.25) is 11.8 Å². The van der Waals surface area contributed by atoms with Gasteiger partial charge in [0, 0.05) is 29.5 Å². The molecule has 6 heteroatoms. The number of hydrogen-bond donors (Lipinski definition) is 1. The number of fused-ring (bicyclic) bond motifs is 1. The number of amides is 2. The van der Waals surface area contributed by atoms with Crippen LogP contribution >= 0.6 is 0 Å². The highest BCUT2D eigenvalue weighted by Crippen LogP contribution is 2.43. The summed E-state index contributed by atoms with van der Waals surface area (Å²) in [6, 6.07) is 15.3. The molecule has 0 radical (unpaired) electrons. The minimum absolute atomic E-state index is 0.0131. The first kappa shape index (κ1) is 20.6. The predicted molar refractivity (Wildman–Crippen MR) is 119 cm³/mol. The van der Waals surface area contributed by atoms with E-state index in [0.717, 1.165) is 35.3 Å².